The van der Waals surface area contributed by atoms with E-state index in [1.165, 1.54) is 30.7 Å². The van der Waals surface area contributed by atoms with Gasteiger partial charge >= 0.3 is 0 Å². The molecule has 0 saturated heterocycles. The molecule has 1 aromatic carbocycles. The molecule has 23 heavy (non-hydrogen) atoms. The number of hydrogen-bond donors (Lipinski definition) is 3. The van der Waals surface area contributed by atoms with E-state index >= 15 is 0 Å². The summed E-state index contributed by atoms with van der Waals surface area (Å²) in [6.45, 7) is 1.61. The van der Waals surface area contributed by atoms with Gasteiger partial charge in [-0.25, -0.2) is 9.37 Å². The van der Waals surface area contributed by atoms with Crippen LogP contribution in [0.1, 0.15) is 41.9 Å². The number of carbonyl (C=O) groups excluding carboxylic acids is 1. The van der Waals surface area contributed by atoms with Crippen LogP contribution in [0.15, 0.2) is 36.8 Å². The van der Waals surface area contributed by atoms with Crippen molar-refractivity contribution < 1.29 is 19.4 Å². The minimum absolute atomic E-state index is 0.119. The van der Waals surface area contributed by atoms with Gasteiger partial charge in [-0.3, -0.25) is 9.78 Å². The number of aromatic nitrogens is 2. The van der Waals surface area contributed by atoms with Crippen molar-refractivity contribution in [1.29, 1.82) is 0 Å². The fourth-order valence-electron chi connectivity index (χ4n) is 2.04. The van der Waals surface area contributed by atoms with Crippen LogP contribution in [0.25, 0.3) is 0 Å². The van der Waals surface area contributed by atoms with Crippen molar-refractivity contribution >= 4 is 11.6 Å². The predicted octanol–water partition coefficient (Wildman–Crippen LogP) is 2.06. The Labute approximate surface area is 133 Å². The Kier molecular flexibility index (Phi) is 5.72. The molecule has 2 aromatic rings. The zero-order valence-corrected chi connectivity index (χ0v) is 12.6. The quantitative estimate of drug-likeness (QED) is 0.757. The van der Waals surface area contributed by atoms with Crippen molar-refractivity contribution in [3.8, 4) is 0 Å². The third-order valence-electron chi connectivity index (χ3n) is 3.27. The standard InChI is InChI=1S/C16H18FN3O3/c1-10(21)2-5-15(22)12-4-3-11(8-13(12)17)20-16(23)14-9-18-6-7-19-14/h3-4,6-10,15,21-22H,2,5H2,1H3,(H,20,23)/t10-,15?/m1/s1. The first-order chi connectivity index (χ1) is 11.0. The molecule has 0 aliphatic heterocycles. The molecule has 1 heterocycles. The largest absolute Gasteiger partial charge is 0.393 e. The maximum Gasteiger partial charge on any atom is 0.275 e. The molecule has 0 saturated carbocycles. The summed E-state index contributed by atoms with van der Waals surface area (Å²) in [6.07, 6.45) is 3.19. The normalized spacial score (nSPS) is 13.4. The van der Waals surface area contributed by atoms with E-state index in [-0.39, 0.29) is 23.4 Å². The smallest absolute Gasteiger partial charge is 0.275 e. The number of benzene rings is 1. The Morgan fingerprint density at radius 1 is 1.30 bits per heavy atom. The number of anilines is 1. The summed E-state index contributed by atoms with van der Waals surface area (Å²) in [5.41, 5.74) is 0.502. The third-order valence-corrected chi connectivity index (χ3v) is 3.27. The maximum atomic E-state index is 14.1. The molecule has 1 unspecified atom stereocenters. The van der Waals surface area contributed by atoms with Crippen LogP contribution < -0.4 is 5.32 Å². The van der Waals surface area contributed by atoms with Gasteiger partial charge in [0.25, 0.3) is 5.91 Å². The lowest BCUT2D eigenvalue weighted by Crippen LogP contribution is -2.14. The topological polar surface area (TPSA) is 95.3 Å². The number of carbonyl (C=O) groups is 1. The van der Waals surface area contributed by atoms with E-state index in [1.807, 2.05) is 0 Å². The highest BCUT2D eigenvalue weighted by Gasteiger charge is 2.15. The Bertz CT molecular complexity index is 665. The van der Waals surface area contributed by atoms with E-state index in [9.17, 15) is 19.4 Å². The second-order valence-corrected chi connectivity index (χ2v) is 5.22. The number of nitrogens with one attached hydrogen (secondary N) is 1. The molecule has 0 aliphatic carbocycles. The van der Waals surface area contributed by atoms with Gasteiger partial charge in [-0.15, -0.1) is 0 Å². The van der Waals surface area contributed by atoms with Crippen LogP contribution in [-0.2, 0) is 0 Å². The molecule has 122 valence electrons. The average molecular weight is 319 g/mol. The van der Waals surface area contributed by atoms with E-state index in [4.69, 9.17) is 0 Å². The first-order valence-electron chi connectivity index (χ1n) is 7.20. The van der Waals surface area contributed by atoms with Gasteiger partial charge in [0.2, 0.25) is 0 Å². The number of aliphatic hydroxyl groups is 2. The Balaban J connectivity index is 2.05. The second-order valence-electron chi connectivity index (χ2n) is 5.22. The molecule has 7 heteroatoms. The summed E-state index contributed by atoms with van der Waals surface area (Å²) in [5.74, 6) is -1.13. The van der Waals surface area contributed by atoms with Gasteiger partial charge in [0.05, 0.1) is 18.4 Å². The summed E-state index contributed by atoms with van der Waals surface area (Å²) in [4.78, 5) is 19.5. The third kappa shape index (κ3) is 4.80. The van der Waals surface area contributed by atoms with Gasteiger partial charge in [-0.05, 0) is 31.9 Å². The lowest BCUT2D eigenvalue weighted by molar-refractivity contribution is 0.102. The summed E-state index contributed by atoms with van der Waals surface area (Å²) >= 11 is 0. The minimum Gasteiger partial charge on any atom is -0.393 e. The van der Waals surface area contributed by atoms with Crippen LogP contribution in [0, 0.1) is 5.82 Å². The number of rotatable bonds is 6. The molecule has 0 aliphatic rings. The highest BCUT2D eigenvalue weighted by molar-refractivity contribution is 6.02. The van der Waals surface area contributed by atoms with Crippen LogP contribution in [0.3, 0.4) is 0 Å². The van der Waals surface area contributed by atoms with Gasteiger partial charge in [-0.2, -0.15) is 0 Å². The Morgan fingerprint density at radius 2 is 2.09 bits per heavy atom. The highest BCUT2D eigenvalue weighted by atomic mass is 19.1. The van der Waals surface area contributed by atoms with E-state index in [0.717, 1.165) is 6.07 Å². The number of amides is 1. The van der Waals surface area contributed by atoms with Crippen LogP contribution in [0.4, 0.5) is 10.1 Å². The van der Waals surface area contributed by atoms with Gasteiger partial charge < -0.3 is 15.5 Å². The average Bonchev–Trinajstić information content (AvgIpc) is 2.53. The molecule has 0 radical (unpaired) electrons. The monoisotopic (exact) mass is 319 g/mol. The lowest BCUT2D eigenvalue weighted by Gasteiger charge is -2.14. The predicted molar refractivity (Wildman–Crippen MR) is 82.3 cm³/mol. The van der Waals surface area contributed by atoms with Gasteiger partial charge in [-0.1, -0.05) is 6.07 Å². The molecule has 2 rings (SSSR count). The van der Waals surface area contributed by atoms with E-state index in [2.05, 4.69) is 15.3 Å². The Hall–Kier alpha value is -2.38. The fraction of sp³-hybridized carbons (Fsp3) is 0.312. The molecule has 1 amide bonds. The SMILES string of the molecule is C[C@@H](O)CCC(O)c1ccc(NC(=O)c2cnccn2)cc1F. The molecule has 2 atom stereocenters. The second kappa shape index (κ2) is 7.75. The van der Waals surface area contributed by atoms with Crippen molar-refractivity contribution in [2.45, 2.75) is 32.0 Å². The summed E-state index contributed by atoms with van der Waals surface area (Å²) in [6, 6.07) is 4.04. The first-order valence-corrected chi connectivity index (χ1v) is 7.20. The van der Waals surface area contributed by atoms with E-state index < -0.39 is 23.9 Å². The molecular formula is C16H18FN3O3. The number of halogens is 1. The fourth-order valence-corrected chi connectivity index (χ4v) is 2.04. The zero-order valence-electron chi connectivity index (χ0n) is 12.6. The minimum atomic E-state index is -1.01. The van der Waals surface area contributed by atoms with Gasteiger partial charge in [0.1, 0.15) is 11.5 Å². The Morgan fingerprint density at radius 3 is 2.70 bits per heavy atom. The number of aliphatic hydroxyl groups excluding tert-OH is 2. The summed E-state index contributed by atoms with van der Waals surface area (Å²) in [5, 5.41) is 21.7. The first kappa shape index (κ1) is 17.0. The van der Waals surface area contributed by atoms with Crippen molar-refractivity contribution in [1.82, 2.24) is 9.97 Å². The van der Waals surface area contributed by atoms with Crippen LogP contribution in [0.2, 0.25) is 0 Å². The van der Waals surface area contributed by atoms with Crippen LogP contribution in [-0.4, -0.2) is 32.2 Å². The van der Waals surface area contributed by atoms with Crippen LogP contribution in [0.5, 0.6) is 0 Å². The molecule has 6 nitrogen and oxygen atoms in total. The molecular weight excluding hydrogens is 301 g/mol. The lowest BCUT2D eigenvalue weighted by atomic mass is 10.0. The molecule has 3 N–H and O–H groups in total. The highest BCUT2D eigenvalue weighted by Crippen LogP contribution is 2.24. The van der Waals surface area contributed by atoms with Crippen molar-refractivity contribution in [3.05, 3.63) is 53.9 Å². The van der Waals surface area contributed by atoms with Gasteiger partial charge in [0, 0.05) is 23.6 Å². The number of nitrogens with zero attached hydrogens (tertiary/aromatic N) is 2. The zero-order chi connectivity index (χ0) is 16.8. The van der Waals surface area contributed by atoms with Crippen molar-refractivity contribution in [3.63, 3.8) is 0 Å². The summed E-state index contributed by atoms with van der Waals surface area (Å²) in [7, 11) is 0. The maximum absolute atomic E-state index is 14.1. The molecule has 1 aromatic heterocycles. The van der Waals surface area contributed by atoms with Crippen LogP contribution >= 0.6 is 0 Å². The van der Waals surface area contributed by atoms with Gasteiger partial charge in [0.15, 0.2) is 0 Å². The summed E-state index contributed by atoms with van der Waals surface area (Å²) < 4.78 is 14.1. The van der Waals surface area contributed by atoms with E-state index in [1.54, 1.807) is 6.92 Å². The van der Waals surface area contributed by atoms with Crippen molar-refractivity contribution in [2.75, 3.05) is 5.32 Å². The molecule has 0 fully saturated rings. The molecule has 0 bridgehead atoms. The number of hydrogen-bond acceptors (Lipinski definition) is 5. The molecule has 0 spiro atoms. The van der Waals surface area contributed by atoms with Crippen molar-refractivity contribution in [2.24, 2.45) is 0 Å². The van der Waals surface area contributed by atoms with E-state index in [0.29, 0.717) is 6.42 Å².